The Hall–Kier alpha value is -3.23. The Morgan fingerprint density at radius 2 is 1.97 bits per heavy atom. The fourth-order valence-electron chi connectivity index (χ4n) is 2.51. The Morgan fingerprint density at radius 1 is 1.21 bits per heavy atom. The highest BCUT2D eigenvalue weighted by Gasteiger charge is 2.20. The maximum Gasteiger partial charge on any atom is 0.360 e. The summed E-state index contributed by atoms with van der Waals surface area (Å²) in [6.45, 7) is 4.73. The molecule has 0 fully saturated rings. The first-order chi connectivity index (χ1) is 13.9. The zero-order valence-electron chi connectivity index (χ0n) is 17.4. The van der Waals surface area contributed by atoms with Gasteiger partial charge in [-0.05, 0) is 24.5 Å². The van der Waals surface area contributed by atoms with Gasteiger partial charge in [-0.25, -0.2) is 14.6 Å². The number of methoxy groups -OCH3 is 3. The topological polar surface area (TPSA) is 103 Å². The van der Waals surface area contributed by atoms with Gasteiger partial charge in [-0.2, -0.15) is 0 Å². The number of esters is 1. The van der Waals surface area contributed by atoms with E-state index in [2.05, 4.69) is 28.9 Å². The van der Waals surface area contributed by atoms with Gasteiger partial charge < -0.3 is 28.8 Å². The van der Waals surface area contributed by atoms with Crippen molar-refractivity contribution < 1.29 is 28.2 Å². The summed E-state index contributed by atoms with van der Waals surface area (Å²) in [6.07, 6.45) is 2.00. The molecule has 1 aromatic carbocycles. The molecule has 0 aliphatic carbocycles. The van der Waals surface area contributed by atoms with Crippen LogP contribution in [-0.4, -0.2) is 49.8 Å². The molecule has 9 nitrogen and oxygen atoms in total. The number of oxazole rings is 1. The van der Waals surface area contributed by atoms with Crippen molar-refractivity contribution in [1.82, 2.24) is 9.88 Å². The number of nitrogens with zero attached hydrogens (tertiary/aromatic N) is 2. The largest absolute Gasteiger partial charge is 0.497 e. The summed E-state index contributed by atoms with van der Waals surface area (Å²) >= 11 is 0. The van der Waals surface area contributed by atoms with E-state index in [9.17, 15) is 9.59 Å². The van der Waals surface area contributed by atoms with Crippen molar-refractivity contribution in [3.05, 3.63) is 36.0 Å². The van der Waals surface area contributed by atoms with Gasteiger partial charge in [-0.1, -0.05) is 13.8 Å². The Balaban J connectivity index is 2.17. The molecule has 2 aromatic rings. The smallest absolute Gasteiger partial charge is 0.360 e. The van der Waals surface area contributed by atoms with E-state index in [1.165, 1.54) is 20.5 Å². The first-order valence-electron chi connectivity index (χ1n) is 9.18. The lowest BCUT2D eigenvalue weighted by molar-refractivity contribution is 0.0594. The van der Waals surface area contributed by atoms with Crippen LogP contribution in [0, 0.1) is 5.92 Å². The van der Waals surface area contributed by atoms with Crippen LogP contribution in [0.3, 0.4) is 0 Å². The van der Waals surface area contributed by atoms with Gasteiger partial charge in [0.05, 0.1) is 33.6 Å². The third kappa shape index (κ3) is 6.13. The standard InChI is InChI=1S/C20H27N3O6/c1-13(2)8-9-23(11-18-21-16(12-29-18)19(24)28-5)20(25)22-15-7-6-14(26-3)10-17(15)27-4/h6-7,10,12-13H,8-9,11H2,1-5H3,(H,22,25). The Bertz CT molecular complexity index is 833. The number of rotatable bonds is 9. The fraction of sp³-hybridized carbons (Fsp3) is 0.450. The number of urea groups is 1. The molecule has 1 aromatic heterocycles. The molecule has 158 valence electrons. The second-order valence-corrected chi connectivity index (χ2v) is 6.72. The molecule has 9 heteroatoms. The van der Waals surface area contributed by atoms with Gasteiger partial charge >= 0.3 is 12.0 Å². The molecule has 1 heterocycles. The van der Waals surface area contributed by atoms with E-state index in [-0.39, 0.29) is 24.2 Å². The van der Waals surface area contributed by atoms with Gasteiger partial charge in [0.25, 0.3) is 0 Å². The van der Waals surface area contributed by atoms with Crippen molar-refractivity contribution in [3.8, 4) is 11.5 Å². The predicted molar refractivity (Wildman–Crippen MR) is 106 cm³/mol. The van der Waals surface area contributed by atoms with Crippen LogP contribution in [-0.2, 0) is 11.3 Å². The zero-order chi connectivity index (χ0) is 21.4. The van der Waals surface area contributed by atoms with Gasteiger partial charge in [-0.3, -0.25) is 0 Å². The third-order valence-electron chi connectivity index (χ3n) is 4.19. The van der Waals surface area contributed by atoms with Crippen LogP contribution < -0.4 is 14.8 Å². The van der Waals surface area contributed by atoms with Crippen LogP contribution in [0.1, 0.15) is 36.6 Å². The second kappa shape index (κ2) is 10.4. The molecule has 0 atom stereocenters. The summed E-state index contributed by atoms with van der Waals surface area (Å²) in [5.74, 6) is 1.14. The number of hydrogen-bond donors (Lipinski definition) is 1. The molecule has 2 rings (SSSR count). The summed E-state index contributed by atoms with van der Waals surface area (Å²) < 4.78 is 20.5. The van der Waals surface area contributed by atoms with Crippen LogP contribution in [0.4, 0.5) is 10.5 Å². The summed E-state index contributed by atoms with van der Waals surface area (Å²) in [4.78, 5) is 30.1. The Kier molecular flexibility index (Phi) is 7.88. The van der Waals surface area contributed by atoms with Gasteiger partial charge in [0.2, 0.25) is 5.89 Å². The van der Waals surface area contributed by atoms with Crippen LogP contribution in [0.15, 0.2) is 28.9 Å². The van der Waals surface area contributed by atoms with Gasteiger partial charge in [0, 0.05) is 12.6 Å². The van der Waals surface area contributed by atoms with E-state index in [0.717, 1.165) is 6.42 Å². The monoisotopic (exact) mass is 405 g/mol. The molecule has 2 amide bonds. The molecule has 0 spiro atoms. The predicted octanol–water partition coefficient (Wildman–Crippen LogP) is 3.56. The number of aromatic nitrogens is 1. The third-order valence-corrected chi connectivity index (χ3v) is 4.19. The molecule has 0 radical (unpaired) electrons. The van der Waals surface area contributed by atoms with Crippen LogP contribution >= 0.6 is 0 Å². The second-order valence-electron chi connectivity index (χ2n) is 6.72. The average Bonchev–Trinajstić information content (AvgIpc) is 3.19. The first-order valence-corrected chi connectivity index (χ1v) is 9.18. The van der Waals surface area contributed by atoms with Crippen molar-refractivity contribution in [2.45, 2.75) is 26.8 Å². The maximum atomic E-state index is 12.9. The number of anilines is 1. The van der Waals surface area contributed by atoms with E-state index >= 15 is 0 Å². The molecule has 1 N–H and O–H groups in total. The number of carbonyl (C=O) groups excluding carboxylic acids is 2. The summed E-state index contributed by atoms with van der Waals surface area (Å²) in [5, 5.41) is 2.84. The van der Waals surface area contributed by atoms with Gasteiger partial charge in [0.15, 0.2) is 5.69 Å². The van der Waals surface area contributed by atoms with E-state index in [1.54, 1.807) is 30.2 Å². The molecule has 0 saturated heterocycles. The summed E-state index contributed by atoms with van der Waals surface area (Å²) in [5.41, 5.74) is 0.569. The normalized spacial score (nSPS) is 10.6. The average molecular weight is 405 g/mol. The number of ether oxygens (including phenoxy) is 3. The minimum absolute atomic E-state index is 0.0588. The van der Waals surface area contributed by atoms with Crippen molar-refractivity contribution >= 4 is 17.7 Å². The van der Waals surface area contributed by atoms with Gasteiger partial charge in [-0.15, -0.1) is 0 Å². The van der Waals surface area contributed by atoms with Crippen LogP contribution in [0.2, 0.25) is 0 Å². The molecule has 0 saturated carbocycles. The number of amides is 2. The quantitative estimate of drug-likeness (QED) is 0.636. The highest BCUT2D eigenvalue weighted by molar-refractivity contribution is 5.91. The number of nitrogens with one attached hydrogen (secondary N) is 1. The van der Waals surface area contributed by atoms with Crippen molar-refractivity contribution in [2.24, 2.45) is 5.92 Å². The number of benzene rings is 1. The van der Waals surface area contributed by atoms with E-state index in [4.69, 9.17) is 13.9 Å². The van der Waals surface area contributed by atoms with Crippen LogP contribution in [0.5, 0.6) is 11.5 Å². The molecule has 0 aliphatic rings. The molecule has 0 aliphatic heterocycles. The molecular formula is C20H27N3O6. The SMILES string of the molecule is COC(=O)c1coc(CN(CCC(C)C)C(=O)Nc2ccc(OC)cc2OC)n1. The van der Waals surface area contributed by atoms with Gasteiger partial charge in [0.1, 0.15) is 17.8 Å². The Labute approximate surface area is 169 Å². The van der Waals surface area contributed by atoms with Crippen molar-refractivity contribution in [2.75, 3.05) is 33.2 Å². The first kappa shape index (κ1) is 22.1. The molecule has 0 unspecified atom stereocenters. The summed E-state index contributed by atoms with van der Waals surface area (Å²) in [7, 11) is 4.34. The number of hydrogen-bond acceptors (Lipinski definition) is 7. The number of carbonyl (C=O) groups is 2. The highest BCUT2D eigenvalue weighted by Crippen LogP contribution is 2.29. The van der Waals surface area contributed by atoms with E-state index in [0.29, 0.717) is 29.6 Å². The van der Waals surface area contributed by atoms with Crippen LogP contribution in [0.25, 0.3) is 0 Å². The van der Waals surface area contributed by atoms with E-state index < -0.39 is 5.97 Å². The lowest BCUT2D eigenvalue weighted by Gasteiger charge is -2.23. The van der Waals surface area contributed by atoms with Crippen molar-refractivity contribution in [1.29, 1.82) is 0 Å². The zero-order valence-corrected chi connectivity index (χ0v) is 17.4. The van der Waals surface area contributed by atoms with E-state index in [1.807, 2.05) is 0 Å². The lowest BCUT2D eigenvalue weighted by atomic mass is 10.1. The minimum atomic E-state index is -0.596. The lowest BCUT2D eigenvalue weighted by Crippen LogP contribution is -2.36. The highest BCUT2D eigenvalue weighted by atomic mass is 16.5. The summed E-state index contributed by atoms with van der Waals surface area (Å²) in [6, 6.07) is 4.78. The molecular weight excluding hydrogens is 378 g/mol. The maximum absolute atomic E-state index is 12.9. The molecule has 0 bridgehead atoms. The minimum Gasteiger partial charge on any atom is -0.497 e. The Morgan fingerprint density at radius 3 is 2.59 bits per heavy atom. The van der Waals surface area contributed by atoms with Crippen molar-refractivity contribution in [3.63, 3.8) is 0 Å². The molecule has 29 heavy (non-hydrogen) atoms. The fourth-order valence-corrected chi connectivity index (χ4v) is 2.51.